The van der Waals surface area contributed by atoms with Gasteiger partial charge >= 0.3 is 0 Å². The Bertz CT molecular complexity index is 33.9. The summed E-state index contributed by atoms with van der Waals surface area (Å²) in [4.78, 5) is 9.00. The van der Waals surface area contributed by atoms with Crippen LogP contribution in [0.1, 0.15) is 6.92 Å². The predicted molar refractivity (Wildman–Crippen MR) is 19.7 cm³/mol. The van der Waals surface area contributed by atoms with E-state index in [1.807, 2.05) is 0 Å². The second kappa shape index (κ2) is 15.6. The van der Waals surface area contributed by atoms with Crippen molar-refractivity contribution >= 4 is 5.97 Å². The van der Waals surface area contributed by atoms with Crippen LogP contribution in [0.25, 0.3) is 0 Å². The third kappa shape index (κ3) is 87.9. The molecule has 0 aliphatic heterocycles. The summed E-state index contributed by atoms with van der Waals surface area (Å²) in [5, 5.41) is 7.42. The van der Waals surface area contributed by atoms with Crippen LogP contribution >= 0.6 is 0 Å². The molecule has 0 aromatic carbocycles. The van der Waals surface area contributed by atoms with Gasteiger partial charge in [0.1, 0.15) is 0 Å². The van der Waals surface area contributed by atoms with E-state index >= 15 is 0 Å². The topological polar surface area (TPSA) is 37.3 Å². The van der Waals surface area contributed by atoms with Crippen LogP contribution in [0.3, 0.4) is 0 Å². The van der Waals surface area contributed by atoms with E-state index in [4.69, 9.17) is 9.90 Å². The van der Waals surface area contributed by atoms with Crippen molar-refractivity contribution < 1.29 is 75.3 Å². The average Bonchev–Trinajstić information content (AvgIpc) is 0.811. The predicted octanol–water partition coefficient (Wildman–Crippen LogP) is 0.536. The molecule has 0 bridgehead atoms. The Hall–Kier alpha value is 1.68. The zero-order valence-corrected chi connectivity index (χ0v) is 10.2. The van der Waals surface area contributed by atoms with E-state index < -0.39 is 5.97 Å². The van der Waals surface area contributed by atoms with Crippen LogP contribution in [-0.4, -0.2) is 11.1 Å². The smallest absolute Gasteiger partial charge is 0.300 e. The van der Waals surface area contributed by atoms with Gasteiger partial charge in [0.25, 0.3) is 5.97 Å². The van der Waals surface area contributed by atoms with Gasteiger partial charge < -0.3 is 12.5 Å². The number of hydrogen-bond donors (Lipinski definition) is 1. The molecule has 0 rings (SSSR count). The van der Waals surface area contributed by atoms with E-state index in [1.54, 1.807) is 0 Å². The molecule has 0 atom stereocenters. The molecular weight excluding hydrogens is 246 g/mol. The van der Waals surface area contributed by atoms with E-state index in [0.717, 1.165) is 6.92 Å². The Morgan fingerprint density at radius 1 is 1.43 bits per heavy atom. The molecule has 0 aliphatic carbocycles. The number of carboxylic acids is 1. The van der Waals surface area contributed by atoms with Gasteiger partial charge in [-0.15, -0.1) is 0 Å². The van der Waals surface area contributed by atoms with Gasteiger partial charge in [0.15, 0.2) is 0 Å². The number of rotatable bonds is 0. The molecule has 0 heterocycles. The van der Waals surface area contributed by atoms with Gasteiger partial charge in [0, 0.05) is 72.3 Å². The molecule has 0 unspecified atom stereocenters. The normalized spacial score (nSPS) is 3.57. The molecular formula is C3H7O2Y2-. The number of carboxylic acid groups (broad SMARTS) is 1. The average molecular weight is 253 g/mol. The molecule has 38 valence electrons. The van der Waals surface area contributed by atoms with Crippen molar-refractivity contribution in [3.05, 3.63) is 7.43 Å². The second-order valence-electron chi connectivity index (χ2n) is 0.519. The first-order valence-corrected chi connectivity index (χ1v) is 0.928. The maximum absolute atomic E-state index is 9.00. The first-order chi connectivity index (χ1) is 1.73. The third-order valence-electron chi connectivity index (χ3n) is 0. The van der Waals surface area contributed by atoms with E-state index in [9.17, 15) is 0 Å². The van der Waals surface area contributed by atoms with E-state index in [1.165, 1.54) is 0 Å². The van der Waals surface area contributed by atoms with Crippen molar-refractivity contribution in [3.63, 3.8) is 0 Å². The van der Waals surface area contributed by atoms with Crippen molar-refractivity contribution in [2.75, 3.05) is 0 Å². The molecule has 2 radical (unpaired) electrons. The van der Waals surface area contributed by atoms with Gasteiger partial charge in [-0.25, -0.2) is 0 Å². The summed E-state index contributed by atoms with van der Waals surface area (Å²) in [5.41, 5.74) is 0. The van der Waals surface area contributed by atoms with Gasteiger partial charge in [0.2, 0.25) is 0 Å². The first kappa shape index (κ1) is 23.4. The van der Waals surface area contributed by atoms with Crippen LogP contribution < -0.4 is 0 Å². The molecule has 4 heteroatoms. The van der Waals surface area contributed by atoms with Crippen molar-refractivity contribution in [1.82, 2.24) is 0 Å². The number of hydrogen-bond acceptors (Lipinski definition) is 1. The molecule has 0 saturated heterocycles. The molecule has 0 aromatic rings. The van der Waals surface area contributed by atoms with Crippen molar-refractivity contribution in [1.29, 1.82) is 0 Å². The fourth-order valence-corrected chi connectivity index (χ4v) is 0. The molecule has 1 N–H and O–H groups in total. The van der Waals surface area contributed by atoms with Crippen molar-refractivity contribution in [2.24, 2.45) is 0 Å². The van der Waals surface area contributed by atoms with Gasteiger partial charge in [-0.3, -0.25) is 4.79 Å². The zero-order chi connectivity index (χ0) is 3.58. The maximum atomic E-state index is 9.00. The van der Waals surface area contributed by atoms with E-state index in [0.29, 0.717) is 0 Å². The summed E-state index contributed by atoms with van der Waals surface area (Å²) < 4.78 is 0. The summed E-state index contributed by atoms with van der Waals surface area (Å²) in [6, 6.07) is 0. The van der Waals surface area contributed by atoms with Crippen LogP contribution in [0.5, 0.6) is 0 Å². The molecule has 0 aliphatic rings. The molecule has 0 aromatic heterocycles. The summed E-state index contributed by atoms with van der Waals surface area (Å²) in [5.74, 6) is -0.833. The van der Waals surface area contributed by atoms with Gasteiger partial charge in [-0.1, -0.05) is 0 Å². The fourth-order valence-electron chi connectivity index (χ4n) is 0. The van der Waals surface area contributed by atoms with Crippen molar-refractivity contribution in [3.8, 4) is 0 Å². The molecule has 0 saturated carbocycles. The van der Waals surface area contributed by atoms with Crippen LogP contribution in [-0.2, 0) is 70.2 Å². The Morgan fingerprint density at radius 3 is 1.43 bits per heavy atom. The standard InChI is InChI=1S/C2H4O2.CH3.2Y/c1-2(3)4;;;/h1H3,(H,3,4);1H3;;/q;-1;;. The SMILES string of the molecule is CC(=O)O.[CH3-].[Y].[Y]. The third-order valence-corrected chi connectivity index (χ3v) is 0. The minimum atomic E-state index is -0.833. The summed E-state index contributed by atoms with van der Waals surface area (Å²) >= 11 is 0. The summed E-state index contributed by atoms with van der Waals surface area (Å²) in [7, 11) is 0. The van der Waals surface area contributed by atoms with Crippen LogP contribution in [0.2, 0.25) is 0 Å². The molecule has 7 heavy (non-hydrogen) atoms. The van der Waals surface area contributed by atoms with Gasteiger partial charge in [0.05, 0.1) is 0 Å². The Kier molecular flexibility index (Phi) is 52.3. The van der Waals surface area contributed by atoms with E-state index in [-0.39, 0.29) is 72.8 Å². The maximum Gasteiger partial charge on any atom is 0.300 e. The molecule has 0 fully saturated rings. The van der Waals surface area contributed by atoms with Crippen LogP contribution in [0.15, 0.2) is 0 Å². The largest absolute Gasteiger partial charge is 0.481 e. The Balaban J connectivity index is -0.0000000150. The van der Waals surface area contributed by atoms with Crippen LogP contribution in [0.4, 0.5) is 0 Å². The number of aliphatic carboxylic acids is 1. The second-order valence-corrected chi connectivity index (χ2v) is 0.519. The molecule has 0 spiro atoms. The van der Waals surface area contributed by atoms with Gasteiger partial charge in [-0.2, -0.15) is 0 Å². The Labute approximate surface area is 94.2 Å². The minimum absolute atomic E-state index is 0. The van der Waals surface area contributed by atoms with Crippen LogP contribution in [0, 0.1) is 7.43 Å². The minimum Gasteiger partial charge on any atom is -0.481 e. The van der Waals surface area contributed by atoms with Crippen molar-refractivity contribution in [2.45, 2.75) is 6.92 Å². The summed E-state index contributed by atoms with van der Waals surface area (Å²) in [6.45, 7) is 1.08. The zero-order valence-electron chi connectivity index (χ0n) is 4.51. The summed E-state index contributed by atoms with van der Waals surface area (Å²) in [6.07, 6.45) is 0. The first-order valence-electron chi connectivity index (χ1n) is 0.928. The Morgan fingerprint density at radius 2 is 1.43 bits per heavy atom. The van der Waals surface area contributed by atoms with Gasteiger partial charge in [-0.05, 0) is 0 Å². The number of carbonyl (C=O) groups is 1. The monoisotopic (exact) mass is 253 g/mol. The molecule has 2 nitrogen and oxygen atoms in total. The fraction of sp³-hybridized carbons (Fsp3) is 0.333. The quantitative estimate of drug-likeness (QED) is 0.639. The molecule has 0 amide bonds. The van der Waals surface area contributed by atoms with E-state index in [2.05, 4.69) is 0 Å².